The number of rotatable bonds is 6. The molecule has 1 aliphatic rings. The van der Waals surface area contributed by atoms with E-state index >= 15 is 0 Å². The molecular formula is C16H20N4O4S. The molecule has 8 nitrogen and oxygen atoms in total. The van der Waals surface area contributed by atoms with Gasteiger partial charge in [-0.05, 0) is 44.5 Å². The molecule has 0 spiro atoms. The van der Waals surface area contributed by atoms with Gasteiger partial charge in [0.05, 0.1) is 17.0 Å². The van der Waals surface area contributed by atoms with E-state index in [1.807, 2.05) is 6.92 Å². The summed E-state index contributed by atoms with van der Waals surface area (Å²) in [6, 6.07) is 5.72. The topological polar surface area (TPSA) is 112 Å². The van der Waals surface area contributed by atoms with E-state index in [0.717, 1.165) is 5.56 Å². The highest BCUT2D eigenvalue weighted by atomic mass is 32.2. The maximum absolute atomic E-state index is 13.2. The fourth-order valence-electron chi connectivity index (χ4n) is 2.91. The van der Waals surface area contributed by atoms with Crippen molar-refractivity contribution in [2.45, 2.75) is 43.5 Å². The second kappa shape index (κ2) is 7.37. The predicted octanol–water partition coefficient (Wildman–Crippen LogP) is 2.55. The molecule has 1 aliphatic heterocycles. The maximum Gasteiger partial charge on any atom is 0.245 e. The minimum atomic E-state index is -3.90. The maximum atomic E-state index is 13.2. The Morgan fingerprint density at radius 3 is 2.56 bits per heavy atom. The summed E-state index contributed by atoms with van der Waals surface area (Å²) in [4.78, 5) is 13.5. The molecule has 1 aromatic carbocycles. The summed E-state index contributed by atoms with van der Waals surface area (Å²) in [5, 5.41) is 3.52. The van der Waals surface area contributed by atoms with Crippen LogP contribution in [-0.2, 0) is 19.6 Å². The number of azide groups is 1. The first-order chi connectivity index (χ1) is 11.7. The van der Waals surface area contributed by atoms with Gasteiger partial charge in [0.2, 0.25) is 10.0 Å². The van der Waals surface area contributed by atoms with E-state index < -0.39 is 27.9 Å². The Labute approximate surface area is 146 Å². The second-order valence-corrected chi connectivity index (χ2v) is 7.96. The van der Waals surface area contributed by atoms with Crippen LogP contribution in [0.2, 0.25) is 0 Å². The van der Waals surface area contributed by atoms with Crippen LogP contribution in [0, 0.1) is 6.92 Å². The average Bonchev–Trinajstić information content (AvgIpc) is 2.81. The molecule has 1 saturated heterocycles. The fourth-order valence-corrected chi connectivity index (χ4v) is 4.78. The van der Waals surface area contributed by atoms with Crippen molar-refractivity contribution in [1.29, 1.82) is 0 Å². The Balaban J connectivity index is 2.52. The molecule has 0 unspecified atom stereocenters. The van der Waals surface area contributed by atoms with Crippen molar-refractivity contribution in [3.63, 3.8) is 0 Å². The summed E-state index contributed by atoms with van der Waals surface area (Å²) in [6.45, 7) is 5.00. The van der Waals surface area contributed by atoms with Crippen LogP contribution in [0.25, 0.3) is 10.4 Å². The number of sulfonamides is 1. The average molecular weight is 364 g/mol. The number of carbonyl (C=O) groups is 1. The molecule has 2 rings (SSSR count). The number of aryl methyl sites for hydroxylation is 1. The molecule has 2 atom stereocenters. The third kappa shape index (κ3) is 3.91. The Morgan fingerprint density at radius 1 is 1.36 bits per heavy atom. The summed E-state index contributed by atoms with van der Waals surface area (Å²) in [6.07, 6.45) is 2.59. The molecule has 25 heavy (non-hydrogen) atoms. The Kier molecular flexibility index (Phi) is 5.64. The minimum Gasteiger partial charge on any atom is -0.351 e. The smallest absolute Gasteiger partial charge is 0.245 e. The number of ether oxygens (including phenoxy) is 1. The fraction of sp³-hybridized carbons (Fsp3) is 0.438. The normalized spacial score (nSPS) is 23.5. The van der Waals surface area contributed by atoms with Crippen molar-refractivity contribution >= 4 is 16.3 Å². The Morgan fingerprint density at radius 2 is 2.00 bits per heavy atom. The van der Waals surface area contributed by atoms with Gasteiger partial charge in [0.15, 0.2) is 0 Å². The first-order valence-corrected chi connectivity index (χ1v) is 9.10. The summed E-state index contributed by atoms with van der Waals surface area (Å²) in [5.41, 5.74) is 8.40. The number of aldehydes is 1. The number of hydrogen-bond acceptors (Lipinski definition) is 5. The van der Waals surface area contributed by atoms with Crippen molar-refractivity contribution in [2.24, 2.45) is 5.11 Å². The van der Waals surface area contributed by atoms with Gasteiger partial charge in [-0.15, -0.1) is 0 Å². The largest absolute Gasteiger partial charge is 0.351 e. The third-order valence-electron chi connectivity index (χ3n) is 3.92. The lowest BCUT2D eigenvalue weighted by Crippen LogP contribution is -2.49. The van der Waals surface area contributed by atoms with Crippen molar-refractivity contribution in [3.8, 4) is 0 Å². The van der Waals surface area contributed by atoms with Gasteiger partial charge in [0, 0.05) is 11.5 Å². The first kappa shape index (κ1) is 19.1. The highest BCUT2D eigenvalue weighted by Crippen LogP contribution is 2.38. The van der Waals surface area contributed by atoms with Crippen LogP contribution >= 0.6 is 0 Å². The lowest BCUT2D eigenvalue weighted by atomic mass is 10.1. The number of carbonyl (C=O) groups excluding carboxylic acids is 1. The lowest BCUT2D eigenvalue weighted by molar-refractivity contribution is -0.104. The standard InChI is InChI=1S/C16H20N4O4S/c1-12-6-8-13(9-7-12)25(22,23)20-14(11-18-19-17)15(5-4-10-21)24-16(20,2)3/h4-10,14-15H,11H2,1-3H3/b5-4+/t14-,15-/m1/s1. The molecule has 134 valence electrons. The van der Waals surface area contributed by atoms with E-state index in [-0.39, 0.29) is 11.4 Å². The number of allylic oxidation sites excluding steroid dienone is 1. The van der Waals surface area contributed by atoms with Crippen LogP contribution in [0.1, 0.15) is 19.4 Å². The second-order valence-electron chi connectivity index (χ2n) is 6.14. The lowest BCUT2D eigenvalue weighted by Gasteiger charge is -2.32. The van der Waals surface area contributed by atoms with Gasteiger partial charge in [-0.25, -0.2) is 8.42 Å². The van der Waals surface area contributed by atoms with E-state index in [1.54, 1.807) is 26.0 Å². The molecule has 0 N–H and O–H groups in total. The predicted molar refractivity (Wildman–Crippen MR) is 92.2 cm³/mol. The Bertz CT molecular complexity index is 811. The van der Waals surface area contributed by atoms with Crippen molar-refractivity contribution < 1.29 is 17.9 Å². The zero-order valence-electron chi connectivity index (χ0n) is 14.2. The van der Waals surface area contributed by atoms with Crippen molar-refractivity contribution in [1.82, 2.24) is 4.31 Å². The van der Waals surface area contributed by atoms with Gasteiger partial charge in [-0.2, -0.15) is 4.31 Å². The first-order valence-electron chi connectivity index (χ1n) is 7.66. The minimum absolute atomic E-state index is 0.112. The van der Waals surface area contributed by atoms with Gasteiger partial charge in [-0.3, -0.25) is 4.79 Å². The van der Waals surface area contributed by atoms with Gasteiger partial charge < -0.3 is 4.74 Å². The highest BCUT2D eigenvalue weighted by molar-refractivity contribution is 7.89. The Hall–Kier alpha value is -2.19. The van der Waals surface area contributed by atoms with Crippen LogP contribution in [0.4, 0.5) is 0 Å². The molecule has 0 aliphatic carbocycles. The molecule has 0 saturated carbocycles. The molecule has 9 heteroatoms. The summed E-state index contributed by atoms with van der Waals surface area (Å²) in [7, 11) is -3.90. The molecule has 1 aromatic rings. The van der Waals surface area contributed by atoms with Gasteiger partial charge in [0.25, 0.3) is 0 Å². The zero-order chi connectivity index (χ0) is 18.7. The van der Waals surface area contributed by atoms with E-state index in [2.05, 4.69) is 10.0 Å². The number of nitrogens with zero attached hydrogens (tertiary/aromatic N) is 4. The van der Waals surface area contributed by atoms with Crippen LogP contribution in [0.3, 0.4) is 0 Å². The van der Waals surface area contributed by atoms with E-state index in [4.69, 9.17) is 10.3 Å². The van der Waals surface area contributed by atoms with Crippen LogP contribution in [0.15, 0.2) is 46.4 Å². The molecular weight excluding hydrogens is 344 g/mol. The van der Waals surface area contributed by atoms with Crippen molar-refractivity contribution in [3.05, 3.63) is 52.4 Å². The number of benzene rings is 1. The van der Waals surface area contributed by atoms with E-state index in [0.29, 0.717) is 6.29 Å². The quantitative estimate of drug-likeness (QED) is 0.254. The van der Waals surface area contributed by atoms with Crippen LogP contribution in [-0.4, -0.2) is 43.4 Å². The highest BCUT2D eigenvalue weighted by Gasteiger charge is 2.52. The van der Waals surface area contributed by atoms with Gasteiger partial charge in [-0.1, -0.05) is 28.9 Å². The zero-order valence-corrected chi connectivity index (χ0v) is 15.0. The molecule has 0 radical (unpaired) electrons. The third-order valence-corrected chi connectivity index (χ3v) is 6.02. The molecule has 1 fully saturated rings. The molecule has 1 heterocycles. The van der Waals surface area contributed by atoms with Crippen LogP contribution < -0.4 is 0 Å². The summed E-state index contributed by atoms with van der Waals surface area (Å²) in [5.74, 6) is 0. The van der Waals surface area contributed by atoms with Crippen molar-refractivity contribution in [2.75, 3.05) is 6.54 Å². The molecule has 0 aromatic heterocycles. The number of hydrogen-bond donors (Lipinski definition) is 0. The van der Waals surface area contributed by atoms with Gasteiger partial charge in [0.1, 0.15) is 12.0 Å². The van der Waals surface area contributed by atoms with E-state index in [9.17, 15) is 13.2 Å². The summed E-state index contributed by atoms with van der Waals surface area (Å²) < 4.78 is 33.4. The SMILES string of the molecule is Cc1ccc(S(=O)(=O)N2[C@H](CN=[N+]=[N-])[C@@H](/C=C/C=O)OC2(C)C)cc1. The molecule has 0 bridgehead atoms. The van der Waals surface area contributed by atoms with Crippen LogP contribution in [0.5, 0.6) is 0 Å². The van der Waals surface area contributed by atoms with E-state index in [1.165, 1.54) is 28.6 Å². The monoisotopic (exact) mass is 364 g/mol. The van der Waals surface area contributed by atoms with Gasteiger partial charge >= 0.3 is 0 Å². The molecule has 0 amide bonds. The summed E-state index contributed by atoms with van der Waals surface area (Å²) >= 11 is 0.